The van der Waals surface area contributed by atoms with Crippen molar-refractivity contribution in [1.82, 2.24) is 4.90 Å². The summed E-state index contributed by atoms with van der Waals surface area (Å²) in [5.74, 6) is -2.37. The summed E-state index contributed by atoms with van der Waals surface area (Å²) >= 11 is 0. The van der Waals surface area contributed by atoms with Crippen molar-refractivity contribution in [2.45, 2.75) is 24.9 Å². The molecule has 5 nitrogen and oxygen atoms in total. The van der Waals surface area contributed by atoms with Gasteiger partial charge in [0.15, 0.2) is 5.78 Å². The van der Waals surface area contributed by atoms with E-state index in [-0.39, 0.29) is 23.6 Å². The van der Waals surface area contributed by atoms with Crippen LogP contribution in [0.1, 0.15) is 23.2 Å². The van der Waals surface area contributed by atoms with E-state index in [2.05, 4.69) is 4.90 Å². The van der Waals surface area contributed by atoms with Crippen molar-refractivity contribution in [2.75, 3.05) is 11.4 Å². The Labute approximate surface area is 161 Å². The minimum atomic E-state index is -0.685. The average Bonchev–Trinajstić information content (AvgIpc) is 3.35. The zero-order valence-electron chi connectivity index (χ0n) is 15.1. The van der Waals surface area contributed by atoms with Crippen LogP contribution < -0.4 is 4.90 Å². The number of anilines is 1. The number of fused-ring (bicyclic) bond motifs is 3. The van der Waals surface area contributed by atoms with Crippen molar-refractivity contribution < 1.29 is 18.8 Å². The van der Waals surface area contributed by atoms with Crippen LogP contribution >= 0.6 is 0 Å². The van der Waals surface area contributed by atoms with Gasteiger partial charge < -0.3 is 0 Å². The molecule has 2 aromatic carbocycles. The number of carbonyl (C=O) groups excluding carboxylic acids is 3. The monoisotopic (exact) mass is 378 g/mol. The van der Waals surface area contributed by atoms with Crippen LogP contribution in [0.5, 0.6) is 0 Å². The zero-order valence-corrected chi connectivity index (χ0v) is 15.1. The molecular weight excluding hydrogens is 359 g/mol. The molecule has 3 heterocycles. The number of imide groups is 1. The number of ketones is 1. The van der Waals surface area contributed by atoms with Crippen LogP contribution in [0, 0.1) is 17.7 Å². The van der Waals surface area contributed by atoms with Gasteiger partial charge in [-0.1, -0.05) is 30.3 Å². The van der Waals surface area contributed by atoms with Gasteiger partial charge in [0.1, 0.15) is 5.82 Å². The molecule has 3 saturated heterocycles. The third-order valence-corrected chi connectivity index (χ3v) is 6.26. The SMILES string of the molecule is O=C(c1ccccc1)[C@H]1[C@@H]2C(=O)N(c3ccc(F)cc3)C(=O)[C@@H]2[C@@H]2CCCN21. The average molecular weight is 378 g/mol. The van der Waals surface area contributed by atoms with Crippen LogP contribution in [0.2, 0.25) is 0 Å². The number of Topliss-reactive ketones (excluding diaryl/α,β-unsaturated/α-hetero) is 1. The minimum absolute atomic E-state index is 0.0930. The molecule has 6 heteroatoms. The molecule has 0 saturated carbocycles. The molecule has 3 aliphatic heterocycles. The van der Waals surface area contributed by atoms with Gasteiger partial charge >= 0.3 is 0 Å². The zero-order chi connectivity index (χ0) is 19.4. The van der Waals surface area contributed by atoms with Crippen molar-refractivity contribution in [1.29, 1.82) is 0 Å². The van der Waals surface area contributed by atoms with Crippen molar-refractivity contribution in [3.63, 3.8) is 0 Å². The highest BCUT2D eigenvalue weighted by Crippen LogP contribution is 2.48. The highest BCUT2D eigenvalue weighted by Gasteiger charge is 2.64. The Morgan fingerprint density at radius 2 is 1.61 bits per heavy atom. The van der Waals surface area contributed by atoms with E-state index in [0.717, 1.165) is 24.3 Å². The second-order valence-corrected chi connectivity index (χ2v) is 7.66. The number of nitrogens with zero attached hydrogens (tertiary/aromatic N) is 2. The van der Waals surface area contributed by atoms with Crippen molar-refractivity contribution in [3.8, 4) is 0 Å². The summed E-state index contributed by atoms with van der Waals surface area (Å²) in [6.07, 6.45) is 1.71. The van der Waals surface area contributed by atoms with Gasteiger partial charge in [0.2, 0.25) is 11.8 Å². The molecule has 0 unspecified atom stereocenters. The first-order valence-corrected chi connectivity index (χ1v) is 9.56. The highest BCUT2D eigenvalue weighted by molar-refractivity contribution is 6.24. The second kappa shape index (κ2) is 6.34. The lowest BCUT2D eigenvalue weighted by molar-refractivity contribution is -0.123. The Morgan fingerprint density at radius 1 is 0.929 bits per heavy atom. The fraction of sp³-hybridized carbons (Fsp3) is 0.318. The van der Waals surface area contributed by atoms with Crippen LogP contribution in [0.3, 0.4) is 0 Å². The Kier molecular flexibility index (Phi) is 3.91. The van der Waals surface area contributed by atoms with E-state index in [4.69, 9.17) is 0 Å². The Hall–Kier alpha value is -2.86. The van der Waals surface area contributed by atoms with E-state index in [1.54, 1.807) is 24.3 Å². The summed E-state index contributed by atoms with van der Waals surface area (Å²) in [6.45, 7) is 0.720. The van der Waals surface area contributed by atoms with Gasteiger partial charge in [-0.25, -0.2) is 9.29 Å². The van der Waals surface area contributed by atoms with Crippen LogP contribution in [0.15, 0.2) is 54.6 Å². The quantitative estimate of drug-likeness (QED) is 0.609. The molecule has 0 bridgehead atoms. The van der Waals surface area contributed by atoms with Gasteiger partial charge in [0, 0.05) is 11.6 Å². The Balaban J connectivity index is 1.55. The molecule has 142 valence electrons. The normalized spacial score (nSPS) is 29.2. The van der Waals surface area contributed by atoms with Gasteiger partial charge in [0.05, 0.1) is 23.6 Å². The summed E-state index contributed by atoms with van der Waals surface area (Å²) < 4.78 is 13.3. The molecule has 5 rings (SSSR count). The molecule has 2 amide bonds. The molecule has 0 spiro atoms. The second-order valence-electron chi connectivity index (χ2n) is 7.66. The van der Waals surface area contributed by atoms with E-state index in [1.807, 2.05) is 6.07 Å². The van der Waals surface area contributed by atoms with E-state index >= 15 is 0 Å². The van der Waals surface area contributed by atoms with E-state index in [0.29, 0.717) is 11.3 Å². The van der Waals surface area contributed by atoms with Gasteiger partial charge in [-0.15, -0.1) is 0 Å². The van der Waals surface area contributed by atoms with Crippen LogP contribution in [-0.4, -0.2) is 41.1 Å². The maximum Gasteiger partial charge on any atom is 0.239 e. The van der Waals surface area contributed by atoms with Crippen molar-refractivity contribution in [2.24, 2.45) is 11.8 Å². The predicted molar refractivity (Wildman–Crippen MR) is 100 cm³/mol. The summed E-state index contributed by atoms with van der Waals surface area (Å²) in [5, 5.41) is 0. The number of carbonyl (C=O) groups is 3. The summed E-state index contributed by atoms with van der Waals surface area (Å²) in [7, 11) is 0. The van der Waals surface area contributed by atoms with Crippen LogP contribution in [0.25, 0.3) is 0 Å². The van der Waals surface area contributed by atoms with E-state index in [9.17, 15) is 18.8 Å². The fourth-order valence-electron chi connectivity index (χ4n) is 5.13. The third-order valence-electron chi connectivity index (χ3n) is 6.26. The number of benzene rings is 2. The number of hydrogen-bond acceptors (Lipinski definition) is 4. The molecule has 4 atom stereocenters. The van der Waals surface area contributed by atoms with Gasteiger partial charge in [0.25, 0.3) is 0 Å². The van der Waals surface area contributed by atoms with Crippen molar-refractivity contribution in [3.05, 3.63) is 66.0 Å². The number of rotatable bonds is 3. The van der Waals surface area contributed by atoms with Crippen LogP contribution in [-0.2, 0) is 9.59 Å². The fourth-order valence-corrected chi connectivity index (χ4v) is 5.13. The predicted octanol–water partition coefficient (Wildman–Crippen LogP) is 2.66. The van der Waals surface area contributed by atoms with E-state index in [1.165, 1.54) is 24.3 Å². The van der Waals surface area contributed by atoms with Gasteiger partial charge in [-0.2, -0.15) is 0 Å². The standard InChI is InChI=1S/C22H19FN2O3/c23-14-8-10-15(11-9-14)25-21(27)17-16-7-4-12-24(16)19(18(17)22(25)28)20(26)13-5-2-1-3-6-13/h1-3,5-6,8-11,16-19H,4,7,12H2/t16-,17+,18+,19+/m0/s1. The molecule has 0 aliphatic carbocycles. The first-order chi connectivity index (χ1) is 13.6. The lowest BCUT2D eigenvalue weighted by atomic mass is 9.85. The molecular formula is C22H19FN2O3. The lowest BCUT2D eigenvalue weighted by Crippen LogP contribution is -2.46. The molecule has 3 fully saturated rings. The summed E-state index contributed by atoms with van der Waals surface area (Å²) in [5.41, 5.74) is 0.917. The maximum atomic E-state index is 13.3. The van der Waals surface area contributed by atoms with Crippen LogP contribution in [0.4, 0.5) is 10.1 Å². The number of hydrogen-bond donors (Lipinski definition) is 0. The van der Waals surface area contributed by atoms with Gasteiger partial charge in [-0.3, -0.25) is 19.3 Å². The van der Waals surface area contributed by atoms with Gasteiger partial charge in [-0.05, 0) is 43.7 Å². The molecule has 2 aromatic rings. The molecule has 0 radical (unpaired) electrons. The topological polar surface area (TPSA) is 57.7 Å². The number of amides is 2. The first kappa shape index (κ1) is 17.3. The van der Waals surface area contributed by atoms with Crippen molar-refractivity contribution >= 4 is 23.3 Å². The first-order valence-electron chi connectivity index (χ1n) is 9.56. The maximum absolute atomic E-state index is 13.3. The third kappa shape index (κ3) is 2.37. The smallest absolute Gasteiger partial charge is 0.239 e. The Morgan fingerprint density at radius 3 is 2.32 bits per heavy atom. The minimum Gasteiger partial charge on any atom is -0.292 e. The number of halogens is 1. The van der Waals surface area contributed by atoms with E-state index < -0.39 is 23.7 Å². The summed E-state index contributed by atoms with van der Waals surface area (Å²) in [4.78, 5) is 43.0. The largest absolute Gasteiger partial charge is 0.292 e. The Bertz CT molecular complexity index is 960. The molecule has 28 heavy (non-hydrogen) atoms. The lowest BCUT2D eigenvalue weighted by Gasteiger charge is -2.27. The molecule has 0 N–H and O–H groups in total. The molecule has 0 aromatic heterocycles. The molecule has 3 aliphatic rings. The summed E-state index contributed by atoms with van der Waals surface area (Å²) in [6, 6.07) is 13.6. The highest BCUT2D eigenvalue weighted by atomic mass is 19.1.